The summed E-state index contributed by atoms with van der Waals surface area (Å²) in [6, 6.07) is 0. The number of hydrogen-bond donors (Lipinski definition) is 2. The van der Waals surface area contributed by atoms with Crippen LogP contribution >= 0.6 is 0 Å². The lowest BCUT2D eigenvalue weighted by Gasteiger charge is -2.30. The molecule has 0 amide bonds. The van der Waals surface area contributed by atoms with Gasteiger partial charge in [-0.15, -0.1) is 6.58 Å². The Kier molecular flexibility index (Phi) is 7.49. The summed E-state index contributed by atoms with van der Waals surface area (Å²) in [6.45, 7) is 11.5. The molecule has 0 aromatic heterocycles. The van der Waals surface area contributed by atoms with Crippen LogP contribution in [-0.2, 0) is 0 Å². The number of hydrogen-bond acceptors (Lipinski definition) is 2. The molecule has 0 radical (unpaired) electrons. The number of piperidine rings is 1. The van der Waals surface area contributed by atoms with Gasteiger partial charge in [-0.3, -0.25) is 4.99 Å². The number of nitrogens with zero attached hydrogens (tertiary/aromatic N) is 2. The van der Waals surface area contributed by atoms with Gasteiger partial charge in [-0.05, 0) is 38.3 Å². The van der Waals surface area contributed by atoms with Gasteiger partial charge in [-0.2, -0.15) is 0 Å². The zero-order valence-corrected chi connectivity index (χ0v) is 11.9. The molecule has 1 saturated heterocycles. The minimum Gasteiger partial charge on any atom is -0.356 e. The van der Waals surface area contributed by atoms with E-state index in [9.17, 15) is 0 Å². The van der Waals surface area contributed by atoms with E-state index in [0.29, 0.717) is 0 Å². The third kappa shape index (κ3) is 6.05. The summed E-state index contributed by atoms with van der Waals surface area (Å²) in [4.78, 5) is 6.73. The Hall–Kier alpha value is -1.03. The third-order valence-corrected chi connectivity index (χ3v) is 3.32. The molecular weight excluding hydrogens is 224 g/mol. The predicted octanol–water partition coefficient (Wildman–Crippen LogP) is 1.46. The van der Waals surface area contributed by atoms with Crippen molar-refractivity contribution < 1.29 is 0 Å². The van der Waals surface area contributed by atoms with Crippen molar-refractivity contribution in [2.45, 2.75) is 26.2 Å². The van der Waals surface area contributed by atoms with E-state index in [1.54, 1.807) is 7.05 Å². The summed E-state index contributed by atoms with van der Waals surface area (Å²) in [5.41, 5.74) is 0. The van der Waals surface area contributed by atoms with E-state index in [1.807, 2.05) is 6.08 Å². The quantitative estimate of drug-likeness (QED) is 0.325. The van der Waals surface area contributed by atoms with Crippen LogP contribution in [0.15, 0.2) is 17.6 Å². The molecule has 4 heteroatoms. The van der Waals surface area contributed by atoms with Crippen LogP contribution in [0.2, 0.25) is 0 Å². The number of aliphatic imine (C=N–C) groups is 1. The molecule has 1 aliphatic rings. The van der Waals surface area contributed by atoms with E-state index in [0.717, 1.165) is 25.0 Å². The summed E-state index contributed by atoms with van der Waals surface area (Å²) in [6.07, 6.45) is 5.76. The Morgan fingerprint density at radius 3 is 3.00 bits per heavy atom. The van der Waals surface area contributed by atoms with Gasteiger partial charge in [0, 0.05) is 26.7 Å². The molecule has 0 aromatic rings. The Labute approximate surface area is 112 Å². The molecule has 0 spiro atoms. The molecule has 0 aliphatic carbocycles. The van der Waals surface area contributed by atoms with Crippen molar-refractivity contribution in [2.75, 3.05) is 39.8 Å². The van der Waals surface area contributed by atoms with Crippen molar-refractivity contribution >= 4 is 5.96 Å². The van der Waals surface area contributed by atoms with Gasteiger partial charge in [0.2, 0.25) is 0 Å². The van der Waals surface area contributed by atoms with Gasteiger partial charge in [0.05, 0.1) is 0 Å². The SMILES string of the molecule is C=CCNC(=NC)NCCCN1CCCC(C)C1. The van der Waals surface area contributed by atoms with Gasteiger partial charge < -0.3 is 15.5 Å². The predicted molar refractivity (Wildman–Crippen MR) is 79.0 cm³/mol. The molecule has 104 valence electrons. The second kappa shape index (κ2) is 8.97. The smallest absolute Gasteiger partial charge is 0.191 e. The first-order valence-corrected chi connectivity index (χ1v) is 7.04. The lowest BCUT2D eigenvalue weighted by atomic mass is 10.0. The zero-order valence-electron chi connectivity index (χ0n) is 11.9. The van der Waals surface area contributed by atoms with Crippen LogP contribution < -0.4 is 10.6 Å². The highest BCUT2D eigenvalue weighted by Gasteiger charge is 2.15. The molecule has 1 unspecified atom stereocenters. The fourth-order valence-electron chi connectivity index (χ4n) is 2.39. The topological polar surface area (TPSA) is 39.7 Å². The molecule has 0 aromatic carbocycles. The lowest BCUT2D eigenvalue weighted by Crippen LogP contribution is -2.40. The first-order chi connectivity index (χ1) is 8.76. The van der Waals surface area contributed by atoms with Gasteiger partial charge in [-0.25, -0.2) is 0 Å². The van der Waals surface area contributed by atoms with E-state index < -0.39 is 0 Å². The second-order valence-corrected chi connectivity index (χ2v) is 5.07. The first kappa shape index (κ1) is 15.0. The molecule has 0 saturated carbocycles. The van der Waals surface area contributed by atoms with Crippen LogP contribution in [0.3, 0.4) is 0 Å². The van der Waals surface area contributed by atoms with Crippen molar-refractivity contribution in [1.82, 2.24) is 15.5 Å². The lowest BCUT2D eigenvalue weighted by molar-refractivity contribution is 0.182. The maximum atomic E-state index is 4.15. The van der Waals surface area contributed by atoms with Crippen LogP contribution in [0.4, 0.5) is 0 Å². The van der Waals surface area contributed by atoms with Gasteiger partial charge in [-0.1, -0.05) is 13.0 Å². The molecule has 1 fully saturated rings. The molecule has 2 N–H and O–H groups in total. The Balaban J connectivity index is 2.08. The maximum absolute atomic E-state index is 4.15. The standard InChI is InChI=1S/C14H28N4/c1-4-8-16-14(15-3)17-9-6-11-18-10-5-7-13(2)12-18/h4,13H,1,5-12H2,2-3H3,(H2,15,16,17). The molecule has 18 heavy (non-hydrogen) atoms. The Morgan fingerprint density at radius 2 is 2.33 bits per heavy atom. The molecule has 0 bridgehead atoms. The van der Waals surface area contributed by atoms with E-state index in [4.69, 9.17) is 0 Å². The van der Waals surface area contributed by atoms with Gasteiger partial charge in [0.1, 0.15) is 0 Å². The van der Waals surface area contributed by atoms with Crippen LogP contribution in [0.1, 0.15) is 26.2 Å². The molecule has 1 atom stereocenters. The summed E-state index contributed by atoms with van der Waals surface area (Å²) in [5, 5.41) is 6.49. The molecule has 1 heterocycles. The van der Waals surface area contributed by atoms with Crippen molar-refractivity contribution in [3.05, 3.63) is 12.7 Å². The number of likely N-dealkylation sites (tertiary alicyclic amines) is 1. The fraction of sp³-hybridized carbons (Fsp3) is 0.786. The fourth-order valence-corrected chi connectivity index (χ4v) is 2.39. The highest BCUT2D eigenvalue weighted by atomic mass is 15.2. The van der Waals surface area contributed by atoms with Crippen molar-refractivity contribution in [3.63, 3.8) is 0 Å². The number of guanidine groups is 1. The normalized spacial score (nSPS) is 21.7. The number of nitrogens with one attached hydrogen (secondary N) is 2. The Morgan fingerprint density at radius 1 is 1.50 bits per heavy atom. The minimum absolute atomic E-state index is 0.753. The van der Waals surface area contributed by atoms with E-state index >= 15 is 0 Å². The molecular formula is C14H28N4. The summed E-state index contributed by atoms with van der Waals surface area (Å²) < 4.78 is 0. The van der Waals surface area contributed by atoms with Crippen LogP contribution in [0.5, 0.6) is 0 Å². The second-order valence-electron chi connectivity index (χ2n) is 5.07. The van der Waals surface area contributed by atoms with Crippen LogP contribution in [0.25, 0.3) is 0 Å². The van der Waals surface area contributed by atoms with Crippen molar-refractivity contribution in [1.29, 1.82) is 0 Å². The summed E-state index contributed by atoms with van der Waals surface area (Å²) in [7, 11) is 1.80. The average molecular weight is 252 g/mol. The van der Waals surface area contributed by atoms with Crippen LogP contribution in [0, 0.1) is 5.92 Å². The van der Waals surface area contributed by atoms with E-state index in [2.05, 4.69) is 34.0 Å². The van der Waals surface area contributed by atoms with Gasteiger partial charge >= 0.3 is 0 Å². The van der Waals surface area contributed by atoms with Gasteiger partial charge in [0.15, 0.2) is 5.96 Å². The van der Waals surface area contributed by atoms with E-state index in [1.165, 1.54) is 38.9 Å². The average Bonchev–Trinajstić information content (AvgIpc) is 2.38. The van der Waals surface area contributed by atoms with Crippen molar-refractivity contribution in [2.24, 2.45) is 10.9 Å². The van der Waals surface area contributed by atoms with Gasteiger partial charge in [0.25, 0.3) is 0 Å². The Bertz CT molecular complexity index is 263. The highest BCUT2D eigenvalue weighted by molar-refractivity contribution is 5.79. The molecule has 1 aliphatic heterocycles. The zero-order chi connectivity index (χ0) is 13.2. The maximum Gasteiger partial charge on any atom is 0.191 e. The summed E-state index contributed by atoms with van der Waals surface area (Å²) >= 11 is 0. The largest absolute Gasteiger partial charge is 0.356 e. The number of rotatable bonds is 6. The summed E-state index contributed by atoms with van der Waals surface area (Å²) in [5.74, 6) is 1.73. The van der Waals surface area contributed by atoms with E-state index in [-0.39, 0.29) is 0 Å². The van der Waals surface area contributed by atoms with Crippen molar-refractivity contribution in [3.8, 4) is 0 Å². The third-order valence-electron chi connectivity index (χ3n) is 3.32. The molecule has 1 rings (SSSR count). The minimum atomic E-state index is 0.753. The monoisotopic (exact) mass is 252 g/mol. The molecule has 4 nitrogen and oxygen atoms in total. The first-order valence-electron chi connectivity index (χ1n) is 7.04. The van der Waals surface area contributed by atoms with Crippen LogP contribution in [-0.4, -0.2) is 50.6 Å². The highest BCUT2D eigenvalue weighted by Crippen LogP contribution is 2.15.